The van der Waals surface area contributed by atoms with Gasteiger partial charge in [0, 0.05) is 38.5 Å². The van der Waals surface area contributed by atoms with Crippen molar-refractivity contribution in [3.8, 4) is 0 Å². The Kier molecular flexibility index (Phi) is 9.73. The maximum absolute atomic E-state index is 11.9. The molecule has 3 N–H and O–H groups in total. The average Bonchev–Trinajstić information content (AvgIpc) is 3.04. The van der Waals surface area contributed by atoms with Crippen LogP contribution in [0.4, 0.5) is 0 Å². The molecule has 0 aliphatic carbocycles. The summed E-state index contributed by atoms with van der Waals surface area (Å²) >= 11 is 1.78. The van der Waals surface area contributed by atoms with Crippen molar-refractivity contribution in [3.05, 3.63) is 35.4 Å². The number of nitrogens with zero attached hydrogens (tertiary/aromatic N) is 2. The molecule has 6 nitrogen and oxygen atoms in total. The molecule has 1 aromatic carbocycles. The maximum atomic E-state index is 11.9. The molecule has 1 unspecified atom stereocenters. The summed E-state index contributed by atoms with van der Waals surface area (Å²) in [6.45, 7) is 3.79. The molecule has 0 radical (unpaired) electrons. The standard InChI is InChI=1S/C18H28N4O2S.HI/c1-4-19-17(21-12-18(24)9-10-25-13-18)20-11-14-5-7-15(8-6-14)16(23)22(2)3;/h5-8,24H,4,9-13H2,1-3H3,(H2,19,20,21);1H. The second-order valence-electron chi connectivity index (χ2n) is 6.47. The van der Waals surface area contributed by atoms with Gasteiger partial charge < -0.3 is 20.6 Å². The second kappa shape index (κ2) is 11.0. The lowest BCUT2D eigenvalue weighted by molar-refractivity contribution is 0.0724. The van der Waals surface area contributed by atoms with Gasteiger partial charge in [0.05, 0.1) is 12.1 Å². The van der Waals surface area contributed by atoms with Crippen molar-refractivity contribution in [1.82, 2.24) is 15.5 Å². The van der Waals surface area contributed by atoms with Crippen LogP contribution >= 0.6 is 35.7 Å². The van der Waals surface area contributed by atoms with Crippen LogP contribution < -0.4 is 10.6 Å². The summed E-state index contributed by atoms with van der Waals surface area (Å²) in [4.78, 5) is 18.0. The number of aliphatic hydroxyl groups is 1. The Balaban J connectivity index is 0.00000338. The summed E-state index contributed by atoms with van der Waals surface area (Å²) < 4.78 is 0. The fraction of sp³-hybridized carbons (Fsp3) is 0.556. The Morgan fingerprint density at radius 1 is 1.31 bits per heavy atom. The zero-order valence-electron chi connectivity index (χ0n) is 15.6. The number of amides is 1. The number of hydrogen-bond acceptors (Lipinski definition) is 4. The van der Waals surface area contributed by atoms with E-state index in [9.17, 15) is 9.90 Å². The molecule has 1 aliphatic rings. The number of nitrogens with one attached hydrogen (secondary N) is 2. The van der Waals surface area contributed by atoms with Gasteiger partial charge in [-0.15, -0.1) is 24.0 Å². The van der Waals surface area contributed by atoms with Crippen molar-refractivity contribution in [2.24, 2.45) is 4.99 Å². The number of guanidine groups is 1. The zero-order chi connectivity index (χ0) is 18.3. The summed E-state index contributed by atoms with van der Waals surface area (Å²) in [5, 5.41) is 16.9. The molecule has 1 saturated heterocycles. The molecular weight excluding hydrogens is 463 g/mol. The van der Waals surface area contributed by atoms with E-state index in [0.717, 1.165) is 30.0 Å². The molecule has 1 aromatic rings. The summed E-state index contributed by atoms with van der Waals surface area (Å²) in [5.41, 5.74) is 1.06. The molecule has 146 valence electrons. The van der Waals surface area contributed by atoms with Crippen LogP contribution in [0.15, 0.2) is 29.3 Å². The highest BCUT2D eigenvalue weighted by atomic mass is 127. The molecule has 1 heterocycles. The molecule has 1 amide bonds. The smallest absolute Gasteiger partial charge is 0.253 e. The van der Waals surface area contributed by atoms with Gasteiger partial charge in [0.2, 0.25) is 0 Å². The van der Waals surface area contributed by atoms with Crippen LogP contribution in [0.5, 0.6) is 0 Å². The second-order valence-corrected chi connectivity index (χ2v) is 7.58. The minimum atomic E-state index is -0.644. The number of halogens is 1. The lowest BCUT2D eigenvalue weighted by atomic mass is 10.0. The van der Waals surface area contributed by atoms with E-state index >= 15 is 0 Å². The fourth-order valence-electron chi connectivity index (χ4n) is 2.51. The van der Waals surface area contributed by atoms with Gasteiger partial charge in [-0.25, -0.2) is 4.99 Å². The lowest BCUT2D eigenvalue weighted by Gasteiger charge is -2.23. The monoisotopic (exact) mass is 492 g/mol. The average molecular weight is 492 g/mol. The first-order chi connectivity index (χ1) is 11.9. The number of thioether (sulfide) groups is 1. The maximum Gasteiger partial charge on any atom is 0.253 e. The first kappa shape index (κ1) is 23.0. The lowest BCUT2D eigenvalue weighted by Crippen LogP contribution is -2.47. The van der Waals surface area contributed by atoms with Gasteiger partial charge in [0.15, 0.2) is 5.96 Å². The molecule has 0 bridgehead atoms. The van der Waals surface area contributed by atoms with E-state index in [2.05, 4.69) is 15.6 Å². The van der Waals surface area contributed by atoms with E-state index in [1.54, 1.807) is 30.8 Å². The van der Waals surface area contributed by atoms with Gasteiger partial charge in [0.25, 0.3) is 5.91 Å². The number of carbonyl (C=O) groups excluding carboxylic acids is 1. The van der Waals surface area contributed by atoms with E-state index in [1.807, 2.05) is 31.2 Å². The van der Waals surface area contributed by atoms with E-state index in [1.165, 1.54) is 0 Å². The Labute approximate surface area is 177 Å². The third-order valence-corrected chi connectivity index (χ3v) is 5.27. The Bertz CT molecular complexity index is 602. The van der Waals surface area contributed by atoms with Crippen molar-refractivity contribution in [1.29, 1.82) is 0 Å². The van der Waals surface area contributed by atoms with E-state index in [-0.39, 0.29) is 29.9 Å². The van der Waals surface area contributed by atoms with Crippen LogP contribution in [-0.2, 0) is 6.54 Å². The van der Waals surface area contributed by atoms with Crippen molar-refractivity contribution in [2.45, 2.75) is 25.5 Å². The molecule has 2 rings (SSSR count). The molecule has 1 atom stereocenters. The van der Waals surface area contributed by atoms with Crippen LogP contribution in [0.3, 0.4) is 0 Å². The van der Waals surface area contributed by atoms with Crippen LogP contribution in [0.1, 0.15) is 29.3 Å². The van der Waals surface area contributed by atoms with Gasteiger partial charge >= 0.3 is 0 Å². The van der Waals surface area contributed by atoms with Gasteiger partial charge in [-0.3, -0.25) is 4.79 Å². The number of aliphatic imine (C=N–C) groups is 1. The highest BCUT2D eigenvalue weighted by Gasteiger charge is 2.31. The quantitative estimate of drug-likeness (QED) is 0.322. The van der Waals surface area contributed by atoms with Crippen molar-refractivity contribution in [2.75, 3.05) is 38.7 Å². The number of benzene rings is 1. The first-order valence-corrected chi connectivity index (χ1v) is 9.72. The third-order valence-electron chi connectivity index (χ3n) is 4.04. The first-order valence-electron chi connectivity index (χ1n) is 8.56. The Hall–Kier alpha value is -1.00. The Morgan fingerprint density at radius 3 is 2.54 bits per heavy atom. The highest BCUT2D eigenvalue weighted by Crippen LogP contribution is 2.26. The number of hydrogen-bond donors (Lipinski definition) is 3. The van der Waals surface area contributed by atoms with E-state index < -0.39 is 5.60 Å². The van der Waals surface area contributed by atoms with E-state index in [4.69, 9.17) is 0 Å². The van der Waals surface area contributed by atoms with Gasteiger partial charge in [-0.05, 0) is 36.8 Å². The van der Waals surface area contributed by atoms with Gasteiger partial charge in [0.1, 0.15) is 0 Å². The molecule has 0 saturated carbocycles. The van der Waals surface area contributed by atoms with Crippen LogP contribution in [0, 0.1) is 0 Å². The highest BCUT2D eigenvalue weighted by molar-refractivity contribution is 14.0. The molecule has 0 spiro atoms. The Morgan fingerprint density at radius 2 is 2.00 bits per heavy atom. The number of rotatable bonds is 6. The topological polar surface area (TPSA) is 77.0 Å². The van der Waals surface area contributed by atoms with Crippen molar-refractivity contribution < 1.29 is 9.90 Å². The van der Waals surface area contributed by atoms with Gasteiger partial charge in [-0.2, -0.15) is 11.8 Å². The molecule has 1 fully saturated rings. The normalized spacial score (nSPS) is 19.6. The fourth-order valence-corrected chi connectivity index (χ4v) is 3.80. The minimum absolute atomic E-state index is 0. The molecule has 26 heavy (non-hydrogen) atoms. The summed E-state index contributed by atoms with van der Waals surface area (Å²) in [6.07, 6.45) is 0.811. The largest absolute Gasteiger partial charge is 0.387 e. The predicted octanol–water partition coefficient (Wildman–Crippen LogP) is 1.93. The third kappa shape index (κ3) is 6.96. The SMILES string of the molecule is CCNC(=NCc1ccc(C(=O)N(C)C)cc1)NCC1(O)CCSC1.I. The summed E-state index contributed by atoms with van der Waals surface area (Å²) in [6, 6.07) is 7.49. The summed E-state index contributed by atoms with van der Waals surface area (Å²) in [7, 11) is 3.48. The zero-order valence-corrected chi connectivity index (χ0v) is 18.8. The molecular formula is C18H29IN4O2S. The minimum Gasteiger partial charge on any atom is -0.387 e. The molecule has 1 aliphatic heterocycles. The van der Waals surface area contributed by atoms with Crippen LogP contribution in [0.2, 0.25) is 0 Å². The van der Waals surface area contributed by atoms with Crippen LogP contribution in [-0.4, -0.2) is 66.2 Å². The number of carbonyl (C=O) groups is 1. The van der Waals surface area contributed by atoms with Crippen molar-refractivity contribution >= 4 is 47.6 Å². The summed E-state index contributed by atoms with van der Waals surface area (Å²) in [5.74, 6) is 2.46. The predicted molar refractivity (Wildman–Crippen MR) is 120 cm³/mol. The van der Waals surface area contributed by atoms with E-state index in [0.29, 0.717) is 24.6 Å². The van der Waals surface area contributed by atoms with Gasteiger partial charge in [-0.1, -0.05) is 12.1 Å². The van der Waals surface area contributed by atoms with Crippen LogP contribution in [0.25, 0.3) is 0 Å². The molecule has 0 aromatic heterocycles. The molecule has 8 heteroatoms. The van der Waals surface area contributed by atoms with Crippen molar-refractivity contribution in [3.63, 3.8) is 0 Å².